The highest BCUT2D eigenvalue weighted by Crippen LogP contribution is 2.09. The third-order valence-electron chi connectivity index (χ3n) is 1.35. The second-order valence-electron chi connectivity index (χ2n) is 2.20. The molecule has 0 aromatic carbocycles. The van der Waals surface area contributed by atoms with Crippen molar-refractivity contribution in [2.45, 2.75) is 11.4 Å². The Kier molecular flexibility index (Phi) is 2.41. The normalized spacial score (nSPS) is 11.5. The largest absolute Gasteiger partial charge is 0.325 e. The Morgan fingerprint density at radius 1 is 1.50 bits per heavy atom. The zero-order valence-corrected chi connectivity index (χ0v) is 7.08. The maximum Gasteiger partial charge on any atom is 0.239 e. The molecule has 0 aliphatic carbocycles. The fourth-order valence-corrected chi connectivity index (χ4v) is 1.57. The lowest BCUT2D eigenvalue weighted by atomic mass is 10.3. The summed E-state index contributed by atoms with van der Waals surface area (Å²) in [5.41, 5.74) is 5.56. The van der Waals surface area contributed by atoms with Crippen molar-refractivity contribution in [1.82, 2.24) is 4.98 Å². The van der Waals surface area contributed by atoms with Gasteiger partial charge in [-0.1, -0.05) is 0 Å². The van der Waals surface area contributed by atoms with E-state index in [0.29, 0.717) is 5.69 Å². The van der Waals surface area contributed by atoms with E-state index < -0.39 is 10.0 Å². The summed E-state index contributed by atoms with van der Waals surface area (Å²) in [6.45, 7) is 0.0621. The first kappa shape index (κ1) is 9.11. The first-order valence-corrected chi connectivity index (χ1v) is 4.77. The standard InChI is InChI=1S/C6H9N3O2S/c7-4-5-6(12(8,10)11)2-1-3-9-5/h1-3H,4,7H2,(H2,8,10,11). The van der Waals surface area contributed by atoms with Crippen LogP contribution in [0.25, 0.3) is 0 Å². The van der Waals surface area contributed by atoms with Crippen molar-refractivity contribution in [3.8, 4) is 0 Å². The maximum atomic E-state index is 10.9. The van der Waals surface area contributed by atoms with E-state index in [1.54, 1.807) is 0 Å². The van der Waals surface area contributed by atoms with Crippen molar-refractivity contribution in [3.05, 3.63) is 24.0 Å². The molecule has 0 unspecified atom stereocenters. The average Bonchev–Trinajstić information content (AvgIpc) is 2.03. The van der Waals surface area contributed by atoms with Crippen LogP contribution in [0, 0.1) is 0 Å². The highest BCUT2D eigenvalue weighted by Gasteiger charge is 2.12. The number of rotatable bonds is 2. The zero-order chi connectivity index (χ0) is 9.19. The second kappa shape index (κ2) is 3.18. The van der Waals surface area contributed by atoms with Gasteiger partial charge < -0.3 is 5.73 Å². The van der Waals surface area contributed by atoms with Crippen molar-refractivity contribution in [2.24, 2.45) is 10.9 Å². The Labute approximate surface area is 70.5 Å². The quantitative estimate of drug-likeness (QED) is 0.632. The van der Waals surface area contributed by atoms with E-state index >= 15 is 0 Å². The van der Waals surface area contributed by atoms with Gasteiger partial charge in [0.25, 0.3) is 0 Å². The SMILES string of the molecule is NCc1ncccc1S(N)(=O)=O. The van der Waals surface area contributed by atoms with Crippen LogP contribution in [0.3, 0.4) is 0 Å². The lowest BCUT2D eigenvalue weighted by Gasteiger charge is -2.02. The van der Waals surface area contributed by atoms with Crippen LogP contribution in [-0.4, -0.2) is 13.4 Å². The van der Waals surface area contributed by atoms with Crippen molar-refractivity contribution in [1.29, 1.82) is 0 Å². The molecule has 1 heterocycles. The molecule has 1 aromatic rings. The van der Waals surface area contributed by atoms with Crippen molar-refractivity contribution >= 4 is 10.0 Å². The molecule has 1 aromatic heterocycles. The molecular weight excluding hydrogens is 178 g/mol. The third-order valence-corrected chi connectivity index (χ3v) is 2.33. The highest BCUT2D eigenvalue weighted by molar-refractivity contribution is 7.89. The van der Waals surface area contributed by atoms with Gasteiger partial charge in [0.1, 0.15) is 4.90 Å². The Bertz CT molecular complexity index is 374. The molecule has 0 saturated heterocycles. The highest BCUT2D eigenvalue weighted by atomic mass is 32.2. The van der Waals surface area contributed by atoms with Crippen molar-refractivity contribution in [3.63, 3.8) is 0 Å². The topological polar surface area (TPSA) is 99.1 Å². The number of pyridine rings is 1. The Balaban J connectivity index is 3.33. The van der Waals surface area contributed by atoms with Crippen LogP contribution in [0.1, 0.15) is 5.69 Å². The third kappa shape index (κ3) is 1.79. The van der Waals surface area contributed by atoms with Gasteiger partial charge in [0.15, 0.2) is 0 Å². The summed E-state index contributed by atoms with van der Waals surface area (Å²) in [5, 5.41) is 4.91. The number of nitrogens with two attached hydrogens (primary N) is 2. The number of hydrogen-bond acceptors (Lipinski definition) is 4. The monoisotopic (exact) mass is 187 g/mol. The molecule has 5 nitrogen and oxygen atoms in total. The van der Waals surface area contributed by atoms with Gasteiger partial charge in [0, 0.05) is 12.7 Å². The summed E-state index contributed by atoms with van der Waals surface area (Å²) < 4.78 is 21.8. The molecule has 0 spiro atoms. The summed E-state index contributed by atoms with van der Waals surface area (Å²) in [4.78, 5) is 3.77. The molecule has 0 aliphatic heterocycles. The van der Waals surface area contributed by atoms with Gasteiger partial charge in [-0.15, -0.1) is 0 Å². The molecule has 0 saturated carbocycles. The van der Waals surface area contributed by atoms with Crippen LogP contribution >= 0.6 is 0 Å². The van der Waals surface area contributed by atoms with E-state index in [1.165, 1.54) is 18.3 Å². The molecule has 0 bridgehead atoms. The first-order chi connectivity index (χ1) is 5.55. The van der Waals surface area contributed by atoms with Crippen LogP contribution in [0.2, 0.25) is 0 Å². The lowest BCUT2D eigenvalue weighted by Crippen LogP contribution is -2.16. The van der Waals surface area contributed by atoms with Gasteiger partial charge in [-0.25, -0.2) is 13.6 Å². The number of sulfonamides is 1. The first-order valence-electron chi connectivity index (χ1n) is 3.22. The van der Waals surface area contributed by atoms with Crippen LogP contribution in [0.4, 0.5) is 0 Å². The average molecular weight is 187 g/mol. The van der Waals surface area contributed by atoms with E-state index in [1.807, 2.05) is 0 Å². The molecule has 0 atom stereocenters. The van der Waals surface area contributed by atoms with Crippen LogP contribution in [-0.2, 0) is 16.6 Å². The molecule has 0 radical (unpaired) electrons. The van der Waals surface area contributed by atoms with E-state index in [-0.39, 0.29) is 11.4 Å². The molecule has 0 amide bonds. The number of aromatic nitrogens is 1. The fourth-order valence-electron chi connectivity index (χ4n) is 0.836. The summed E-state index contributed by atoms with van der Waals surface area (Å²) in [5.74, 6) is 0. The Morgan fingerprint density at radius 2 is 2.17 bits per heavy atom. The predicted molar refractivity (Wildman–Crippen MR) is 43.5 cm³/mol. The second-order valence-corrected chi connectivity index (χ2v) is 3.73. The number of primary sulfonamides is 1. The van der Waals surface area contributed by atoms with Gasteiger partial charge in [0.2, 0.25) is 10.0 Å². The van der Waals surface area contributed by atoms with Crippen LogP contribution in [0.15, 0.2) is 23.2 Å². The summed E-state index contributed by atoms with van der Waals surface area (Å²) in [6.07, 6.45) is 1.47. The molecule has 6 heteroatoms. The minimum atomic E-state index is -3.69. The smallest absolute Gasteiger partial charge is 0.239 e. The van der Waals surface area contributed by atoms with Gasteiger partial charge in [-0.05, 0) is 12.1 Å². The zero-order valence-electron chi connectivity index (χ0n) is 6.27. The fraction of sp³-hybridized carbons (Fsp3) is 0.167. The Hall–Kier alpha value is -0.980. The van der Waals surface area contributed by atoms with Crippen molar-refractivity contribution in [2.75, 3.05) is 0 Å². The number of nitrogens with zero attached hydrogens (tertiary/aromatic N) is 1. The van der Waals surface area contributed by atoms with Crippen LogP contribution < -0.4 is 10.9 Å². The predicted octanol–water partition coefficient (Wildman–Crippen LogP) is -0.812. The molecule has 66 valence electrons. The molecule has 0 fully saturated rings. The van der Waals surface area contributed by atoms with E-state index in [9.17, 15) is 8.42 Å². The summed E-state index contributed by atoms with van der Waals surface area (Å²) in [7, 11) is -3.69. The molecule has 4 N–H and O–H groups in total. The van der Waals surface area contributed by atoms with E-state index in [2.05, 4.69) is 4.98 Å². The molecular formula is C6H9N3O2S. The van der Waals surface area contributed by atoms with E-state index in [0.717, 1.165) is 0 Å². The number of hydrogen-bond donors (Lipinski definition) is 2. The maximum absolute atomic E-state index is 10.9. The van der Waals surface area contributed by atoms with Gasteiger partial charge in [0.05, 0.1) is 5.69 Å². The summed E-state index contributed by atoms with van der Waals surface area (Å²) in [6, 6.07) is 2.88. The van der Waals surface area contributed by atoms with Gasteiger partial charge in [-0.3, -0.25) is 4.98 Å². The van der Waals surface area contributed by atoms with Crippen LogP contribution in [0.5, 0.6) is 0 Å². The molecule has 1 rings (SSSR count). The molecule has 0 aliphatic rings. The minimum Gasteiger partial charge on any atom is -0.325 e. The van der Waals surface area contributed by atoms with E-state index in [4.69, 9.17) is 10.9 Å². The van der Waals surface area contributed by atoms with Gasteiger partial charge >= 0.3 is 0 Å². The van der Waals surface area contributed by atoms with Crippen molar-refractivity contribution < 1.29 is 8.42 Å². The molecule has 12 heavy (non-hydrogen) atoms. The minimum absolute atomic E-state index is 0.00694. The Morgan fingerprint density at radius 3 is 2.58 bits per heavy atom. The van der Waals surface area contributed by atoms with Gasteiger partial charge in [-0.2, -0.15) is 0 Å². The lowest BCUT2D eigenvalue weighted by molar-refractivity contribution is 0.595. The summed E-state index contributed by atoms with van der Waals surface area (Å²) >= 11 is 0.